The topological polar surface area (TPSA) is 78.6 Å². The van der Waals surface area contributed by atoms with Gasteiger partial charge in [-0.25, -0.2) is 19.6 Å². The maximum atomic E-state index is 5.46. The van der Waals surface area contributed by atoms with Gasteiger partial charge >= 0.3 is 6.01 Å². The molecule has 0 aliphatic rings. The van der Waals surface area contributed by atoms with Crippen LogP contribution in [0.25, 0.3) is 5.69 Å². The predicted molar refractivity (Wildman–Crippen MR) is 78.0 cm³/mol. The maximum absolute atomic E-state index is 5.46. The van der Waals surface area contributed by atoms with Crippen LogP contribution in [0.5, 0.6) is 6.01 Å². The van der Waals surface area contributed by atoms with Crippen LogP contribution in [-0.2, 0) is 6.61 Å². The fraction of sp³-hybridized carbons (Fsp3) is 0.154. The Hall–Kier alpha value is -2.35. The molecule has 0 aliphatic heterocycles. The van der Waals surface area contributed by atoms with Crippen molar-refractivity contribution in [1.29, 1.82) is 0 Å². The van der Waals surface area contributed by atoms with E-state index in [1.54, 1.807) is 29.5 Å². The van der Waals surface area contributed by atoms with E-state index < -0.39 is 0 Å². The van der Waals surface area contributed by atoms with Crippen LogP contribution in [0, 0.1) is 6.92 Å². The summed E-state index contributed by atoms with van der Waals surface area (Å²) >= 11 is 3.32. The predicted octanol–water partition coefficient (Wildman–Crippen LogP) is 2.10. The van der Waals surface area contributed by atoms with Gasteiger partial charge in [0.05, 0.1) is 11.9 Å². The molecule has 0 amide bonds. The lowest BCUT2D eigenvalue weighted by Gasteiger charge is -2.01. The maximum Gasteiger partial charge on any atom is 0.316 e. The van der Waals surface area contributed by atoms with Crippen LogP contribution in [0.2, 0.25) is 0 Å². The van der Waals surface area contributed by atoms with E-state index in [1.165, 1.54) is 0 Å². The van der Waals surface area contributed by atoms with Gasteiger partial charge in [-0.1, -0.05) is 5.21 Å². The van der Waals surface area contributed by atoms with E-state index in [-0.39, 0.29) is 6.61 Å². The fourth-order valence-electron chi connectivity index (χ4n) is 1.62. The van der Waals surface area contributed by atoms with E-state index in [4.69, 9.17) is 4.74 Å². The molecule has 0 atom stereocenters. The number of aryl methyl sites for hydroxylation is 1. The lowest BCUT2D eigenvalue weighted by Crippen LogP contribution is -1.99. The van der Waals surface area contributed by atoms with Crippen molar-refractivity contribution in [3.05, 3.63) is 52.8 Å². The van der Waals surface area contributed by atoms with E-state index >= 15 is 0 Å². The summed E-state index contributed by atoms with van der Waals surface area (Å²) in [4.78, 5) is 12.2. The third-order valence-electron chi connectivity index (χ3n) is 2.62. The summed E-state index contributed by atoms with van der Waals surface area (Å²) in [6.45, 7) is 2.18. The molecule has 0 unspecified atom stereocenters. The molecule has 3 heterocycles. The molecule has 0 fully saturated rings. The van der Waals surface area contributed by atoms with Crippen LogP contribution in [0.1, 0.15) is 11.3 Å². The minimum absolute atomic E-state index is 0.259. The minimum atomic E-state index is 0.259. The Bertz CT molecular complexity index is 742. The van der Waals surface area contributed by atoms with Gasteiger partial charge in [0, 0.05) is 18.6 Å². The van der Waals surface area contributed by atoms with E-state index in [9.17, 15) is 0 Å². The van der Waals surface area contributed by atoms with Crippen molar-refractivity contribution < 1.29 is 4.74 Å². The highest BCUT2D eigenvalue weighted by molar-refractivity contribution is 9.10. The summed E-state index contributed by atoms with van der Waals surface area (Å²) in [6, 6.07) is 4.01. The lowest BCUT2D eigenvalue weighted by molar-refractivity contribution is 0.276. The van der Waals surface area contributed by atoms with Crippen molar-refractivity contribution in [3.63, 3.8) is 0 Å². The SMILES string of the molecule is Cc1cnc(OCc2cn(-c3ccnc(Br)c3)nn2)nc1. The second-order valence-electron chi connectivity index (χ2n) is 4.32. The van der Waals surface area contributed by atoms with Gasteiger partial charge in [-0.3, -0.25) is 0 Å². The normalized spacial score (nSPS) is 10.6. The highest BCUT2D eigenvalue weighted by Gasteiger charge is 2.05. The molecule has 7 nitrogen and oxygen atoms in total. The Labute approximate surface area is 129 Å². The Kier molecular flexibility index (Phi) is 3.87. The van der Waals surface area contributed by atoms with Crippen molar-refractivity contribution in [3.8, 4) is 11.7 Å². The van der Waals surface area contributed by atoms with Crippen LogP contribution in [0.4, 0.5) is 0 Å². The number of aromatic nitrogens is 6. The molecular formula is C13H11BrN6O. The highest BCUT2D eigenvalue weighted by Crippen LogP contribution is 2.12. The van der Waals surface area contributed by atoms with Gasteiger partial charge in [0.25, 0.3) is 0 Å². The summed E-state index contributed by atoms with van der Waals surface area (Å²) in [5, 5.41) is 8.10. The smallest absolute Gasteiger partial charge is 0.316 e. The molecule has 0 spiro atoms. The molecule has 0 aromatic carbocycles. The molecule has 3 aromatic rings. The van der Waals surface area contributed by atoms with Gasteiger partial charge in [-0.05, 0) is 40.5 Å². The first-order chi connectivity index (χ1) is 10.2. The van der Waals surface area contributed by atoms with Crippen LogP contribution >= 0.6 is 15.9 Å². The number of nitrogens with zero attached hydrogens (tertiary/aromatic N) is 6. The summed E-state index contributed by atoms with van der Waals surface area (Å²) < 4.78 is 7.85. The fourth-order valence-corrected chi connectivity index (χ4v) is 1.97. The van der Waals surface area contributed by atoms with Gasteiger partial charge in [0.1, 0.15) is 16.9 Å². The first kappa shape index (κ1) is 13.6. The molecule has 0 bridgehead atoms. The molecule has 0 radical (unpaired) electrons. The Morgan fingerprint density at radius 2 is 2.05 bits per heavy atom. The zero-order chi connectivity index (χ0) is 14.7. The molecule has 0 N–H and O–H groups in total. The van der Waals surface area contributed by atoms with E-state index in [0.717, 1.165) is 15.9 Å². The van der Waals surface area contributed by atoms with E-state index in [1.807, 2.05) is 19.1 Å². The largest absolute Gasteiger partial charge is 0.457 e. The third kappa shape index (κ3) is 3.40. The van der Waals surface area contributed by atoms with Crippen molar-refractivity contribution in [2.24, 2.45) is 0 Å². The van der Waals surface area contributed by atoms with Gasteiger partial charge in [0.15, 0.2) is 0 Å². The highest BCUT2D eigenvalue weighted by atomic mass is 79.9. The first-order valence-electron chi connectivity index (χ1n) is 6.15. The molecule has 0 saturated carbocycles. The Morgan fingerprint density at radius 3 is 2.81 bits per heavy atom. The molecule has 0 saturated heterocycles. The number of ether oxygens (including phenoxy) is 1. The minimum Gasteiger partial charge on any atom is -0.457 e. The van der Waals surface area contributed by atoms with Gasteiger partial charge < -0.3 is 4.74 Å². The molecule has 8 heteroatoms. The number of hydrogen-bond acceptors (Lipinski definition) is 6. The van der Waals surface area contributed by atoms with Gasteiger partial charge in [-0.2, -0.15) is 0 Å². The Morgan fingerprint density at radius 1 is 1.24 bits per heavy atom. The molecule has 3 aromatic heterocycles. The number of halogens is 1. The van der Waals surface area contributed by atoms with Crippen LogP contribution in [0.15, 0.2) is 41.5 Å². The molecule has 0 aliphatic carbocycles. The number of rotatable bonds is 4. The molecule has 3 rings (SSSR count). The zero-order valence-electron chi connectivity index (χ0n) is 11.1. The first-order valence-corrected chi connectivity index (χ1v) is 6.94. The Balaban J connectivity index is 1.69. The molecule has 106 valence electrons. The summed E-state index contributed by atoms with van der Waals surface area (Å²) in [5.74, 6) is 0. The number of pyridine rings is 1. The summed E-state index contributed by atoms with van der Waals surface area (Å²) in [6.07, 6.45) is 6.88. The zero-order valence-corrected chi connectivity index (χ0v) is 12.7. The average molecular weight is 347 g/mol. The molecule has 21 heavy (non-hydrogen) atoms. The van der Waals surface area contributed by atoms with Crippen LogP contribution < -0.4 is 4.74 Å². The summed E-state index contributed by atoms with van der Waals surface area (Å²) in [5.41, 5.74) is 2.53. The van der Waals surface area contributed by atoms with Gasteiger partial charge in [0.2, 0.25) is 0 Å². The van der Waals surface area contributed by atoms with Crippen molar-refractivity contribution in [2.45, 2.75) is 13.5 Å². The second kappa shape index (κ2) is 5.96. The quantitative estimate of drug-likeness (QED) is 0.673. The van der Waals surface area contributed by atoms with Crippen molar-refractivity contribution in [1.82, 2.24) is 29.9 Å². The van der Waals surface area contributed by atoms with Crippen LogP contribution in [0.3, 0.4) is 0 Å². The van der Waals surface area contributed by atoms with Crippen molar-refractivity contribution >= 4 is 15.9 Å². The monoisotopic (exact) mass is 346 g/mol. The number of hydrogen-bond donors (Lipinski definition) is 0. The van der Waals surface area contributed by atoms with Gasteiger partial charge in [-0.15, -0.1) is 5.10 Å². The molecular weight excluding hydrogens is 336 g/mol. The second-order valence-corrected chi connectivity index (χ2v) is 5.14. The summed E-state index contributed by atoms with van der Waals surface area (Å²) in [7, 11) is 0. The standard InChI is InChI=1S/C13H11BrN6O/c1-9-5-16-13(17-6-9)21-8-10-7-20(19-18-10)11-2-3-15-12(14)4-11/h2-7H,8H2,1H3. The lowest BCUT2D eigenvalue weighted by atomic mass is 10.4. The third-order valence-corrected chi connectivity index (χ3v) is 3.06. The average Bonchev–Trinajstić information content (AvgIpc) is 2.96. The van der Waals surface area contributed by atoms with Crippen molar-refractivity contribution in [2.75, 3.05) is 0 Å². The van der Waals surface area contributed by atoms with E-state index in [0.29, 0.717) is 11.7 Å². The van der Waals surface area contributed by atoms with Crippen LogP contribution in [-0.4, -0.2) is 29.9 Å². The van der Waals surface area contributed by atoms with E-state index in [2.05, 4.69) is 41.2 Å².